The lowest BCUT2D eigenvalue weighted by atomic mass is 9.54. The average molecular weight is 446 g/mol. The first-order valence-electron chi connectivity index (χ1n) is 13.5. The Morgan fingerprint density at radius 1 is 1.03 bits per heavy atom. The van der Waals surface area contributed by atoms with E-state index in [-0.39, 0.29) is 0 Å². The van der Waals surface area contributed by atoms with E-state index in [0.29, 0.717) is 12.0 Å². The summed E-state index contributed by atoms with van der Waals surface area (Å²) in [5, 5.41) is 0. The second-order valence-corrected chi connectivity index (χ2v) is 11.6. The molecule has 0 N–H and O–H groups in total. The van der Waals surface area contributed by atoms with E-state index < -0.39 is 0 Å². The van der Waals surface area contributed by atoms with Crippen molar-refractivity contribution in [2.45, 2.75) is 77.7 Å². The molecule has 5 atom stereocenters. The van der Waals surface area contributed by atoms with Crippen LogP contribution in [0.25, 0.3) is 0 Å². The molecule has 0 unspecified atom stereocenters. The standard InChI is InChI=1S/C31H43NO/c1-5-23-19-28-24(20-30(23)33-21-22-9-7-6-8-10-22)11-13-27-26(28)15-17-31(2)25(12-14-29(27)31)16-18-32(3)4/h6-10,19-20,25-27,29H,5,11-18,21H2,1-4H3/t25-,26+,27-,29+,31-/m1/s1. The van der Waals surface area contributed by atoms with E-state index in [1.54, 1.807) is 11.1 Å². The Kier molecular flexibility index (Phi) is 6.58. The lowest BCUT2D eigenvalue weighted by molar-refractivity contribution is 0.0240. The van der Waals surface area contributed by atoms with E-state index in [1.807, 2.05) is 0 Å². The van der Waals surface area contributed by atoms with Gasteiger partial charge < -0.3 is 9.64 Å². The van der Waals surface area contributed by atoms with Crippen LogP contribution in [0.2, 0.25) is 0 Å². The van der Waals surface area contributed by atoms with Gasteiger partial charge in [0, 0.05) is 0 Å². The van der Waals surface area contributed by atoms with E-state index in [9.17, 15) is 0 Å². The average Bonchev–Trinajstić information content (AvgIpc) is 3.17. The summed E-state index contributed by atoms with van der Waals surface area (Å²) in [6.07, 6.45) is 10.8. The van der Waals surface area contributed by atoms with Crippen molar-refractivity contribution in [3.8, 4) is 5.75 Å². The van der Waals surface area contributed by atoms with Gasteiger partial charge in [-0.25, -0.2) is 0 Å². The van der Waals surface area contributed by atoms with Crippen molar-refractivity contribution in [1.29, 1.82) is 0 Å². The van der Waals surface area contributed by atoms with Crippen LogP contribution in [0.1, 0.15) is 80.5 Å². The second kappa shape index (κ2) is 9.45. The number of hydrogen-bond donors (Lipinski definition) is 0. The first-order valence-corrected chi connectivity index (χ1v) is 13.5. The molecule has 0 bridgehead atoms. The summed E-state index contributed by atoms with van der Waals surface area (Å²) >= 11 is 0. The quantitative estimate of drug-likeness (QED) is 0.445. The summed E-state index contributed by atoms with van der Waals surface area (Å²) < 4.78 is 6.36. The van der Waals surface area contributed by atoms with Gasteiger partial charge in [-0.1, -0.05) is 50.2 Å². The van der Waals surface area contributed by atoms with Crippen molar-refractivity contribution in [2.24, 2.45) is 23.2 Å². The van der Waals surface area contributed by atoms with Gasteiger partial charge in [-0.05, 0) is 129 Å². The van der Waals surface area contributed by atoms with Crippen LogP contribution >= 0.6 is 0 Å². The van der Waals surface area contributed by atoms with Crippen LogP contribution in [0.15, 0.2) is 42.5 Å². The first-order chi connectivity index (χ1) is 16.0. The molecule has 2 nitrogen and oxygen atoms in total. The third-order valence-corrected chi connectivity index (χ3v) is 9.65. The molecule has 2 heteroatoms. The molecule has 33 heavy (non-hydrogen) atoms. The highest BCUT2D eigenvalue weighted by Crippen LogP contribution is 2.63. The first kappa shape index (κ1) is 23.0. The van der Waals surface area contributed by atoms with Gasteiger partial charge in [0.25, 0.3) is 0 Å². The van der Waals surface area contributed by atoms with E-state index >= 15 is 0 Å². The predicted octanol–water partition coefficient (Wildman–Crippen LogP) is 7.25. The van der Waals surface area contributed by atoms with E-state index in [1.165, 1.54) is 62.6 Å². The van der Waals surface area contributed by atoms with Gasteiger partial charge in [-0.2, -0.15) is 0 Å². The van der Waals surface area contributed by atoms with Gasteiger partial charge in [0.1, 0.15) is 12.4 Å². The Hall–Kier alpha value is -1.80. The highest BCUT2D eigenvalue weighted by atomic mass is 16.5. The number of ether oxygens (including phenoxy) is 1. The zero-order valence-electron chi connectivity index (χ0n) is 21.3. The molecule has 0 amide bonds. The molecule has 178 valence electrons. The molecule has 2 fully saturated rings. The second-order valence-electron chi connectivity index (χ2n) is 11.6. The molecule has 0 saturated heterocycles. The number of fused-ring (bicyclic) bond motifs is 5. The predicted molar refractivity (Wildman–Crippen MR) is 138 cm³/mol. The molecule has 5 rings (SSSR count). The summed E-state index contributed by atoms with van der Waals surface area (Å²) in [6, 6.07) is 15.5. The summed E-state index contributed by atoms with van der Waals surface area (Å²) in [4.78, 5) is 2.38. The Balaban J connectivity index is 1.35. The van der Waals surface area contributed by atoms with Crippen molar-refractivity contribution in [3.63, 3.8) is 0 Å². The summed E-state index contributed by atoms with van der Waals surface area (Å²) in [7, 11) is 4.46. The zero-order valence-corrected chi connectivity index (χ0v) is 21.3. The Labute approximate surface area is 201 Å². The largest absolute Gasteiger partial charge is 0.489 e. The molecular formula is C31H43NO. The van der Waals surface area contributed by atoms with Gasteiger partial charge in [-0.3, -0.25) is 0 Å². The van der Waals surface area contributed by atoms with Crippen LogP contribution in [-0.4, -0.2) is 25.5 Å². The van der Waals surface area contributed by atoms with E-state index in [0.717, 1.165) is 35.8 Å². The zero-order chi connectivity index (χ0) is 23.0. The van der Waals surface area contributed by atoms with Gasteiger partial charge in [0.2, 0.25) is 0 Å². The van der Waals surface area contributed by atoms with Gasteiger partial charge in [-0.15, -0.1) is 0 Å². The fraction of sp³-hybridized carbons (Fsp3) is 0.613. The lowest BCUT2D eigenvalue weighted by Crippen LogP contribution is -2.42. The highest BCUT2D eigenvalue weighted by Gasteiger charge is 2.54. The molecule has 2 aromatic carbocycles. The molecule has 2 saturated carbocycles. The number of aryl methyl sites for hydroxylation is 2. The maximum Gasteiger partial charge on any atom is 0.123 e. The van der Waals surface area contributed by atoms with E-state index in [4.69, 9.17) is 4.74 Å². The maximum absolute atomic E-state index is 6.36. The minimum absolute atomic E-state index is 0.570. The molecule has 0 aliphatic heterocycles. The van der Waals surface area contributed by atoms with Crippen LogP contribution in [0.5, 0.6) is 5.75 Å². The monoisotopic (exact) mass is 445 g/mol. The number of nitrogens with zero attached hydrogens (tertiary/aromatic N) is 1. The molecule has 0 heterocycles. The fourth-order valence-electron chi connectivity index (χ4n) is 7.79. The lowest BCUT2D eigenvalue weighted by Gasteiger charge is -2.51. The smallest absolute Gasteiger partial charge is 0.123 e. The number of rotatable bonds is 7. The molecule has 3 aliphatic rings. The topological polar surface area (TPSA) is 12.5 Å². The van der Waals surface area contributed by atoms with Crippen molar-refractivity contribution in [3.05, 3.63) is 64.7 Å². The molecule has 0 aromatic heterocycles. The van der Waals surface area contributed by atoms with Crippen LogP contribution in [0.4, 0.5) is 0 Å². The molecule has 3 aliphatic carbocycles. The van der Waals surface area contributed by atoms with Crippen LogP contribution < -0.4 is 4.74 Å². The third kappa shape index (κ3) is 4.36. The SMILES string of the molecule is CCc1cc2c(cc1OCc1ccccc1)CC[C@@H]1[C@@H]2CC[C@]2(C)[C@@H](CCN(C)C)CC[C@@H]12. The van der Waals surface area contributed by atoms with Crippen molar-refractivity contribution >= 4 is 0 Å². The fourth-order valence-corrected chi connectivity index (χ4v) is 7.79. The van der Waals surface area contributed by atoms with Gasteiger partial charge >= 0.3 is 0 Å². The molecule has 2 aromatic rings. The molecular weight excluding hydrogens is 402 g/mol. The maximum atomic E-state index is 6.36. The Morgan fingerprint density at radius 3 is 2.61 bits per heavy atom. The Bertz CT molecular complexity index is 951. The van der Waals surface area contributed by atoms with Gasteiger partial charge in [0.05, 0.1) is 0 Å². The molecule has 0 spiro atoms. The van der Waals surface area contributed by atoms with Crippen LogP contribution in [0, 0.1) is 23.2 Å². The summed E-state index contributed by atoms with van der Waals surface area (Å²) in [5.41, 5.74) is 6.46. The number of hydrogen-bond acceptors (Lipinski definition) is 2. The minimum Gasteiger partial charge on any atom is -0.489 e. The van der Waals surface area contributed by atoms with E-state index in [2.05, 4.69) is 75.3 Å². The normalized spacial score (nSPS) is 30.6. The summed E-state index contributed by atoms with van der Waals surface area (Å²) in [6.45, 7) is 6.85. The van der Waals surface area contributed by atoms with Crippen LogP contribution in [-0.2, 0) is 19.4 Å². The van der Waals surface area contributed by atoms with Crippen molar-refractivity contribution in [1.82, 2.24) is 4.90 Å². The van der Waals surface area contributed by atoms with Crippen LogP contribution in [0.3, 0.4) is 0 Å². The minimum atomic E-state index is 0.570. The van der Waals surface area contributed by atoms with Crippen molar-refractivity contribution in [2.75, 3.05) is 20.6 Å². The summed E-state index contributed by atoms with van der Waals surface area (Å²) in [5.74, 6) is 4.63. The van der Waals surface area contributed by atoms with Gasteiger partial charge in [0.15, 0.2) is 0 Å². The molecule has 0 radical (unpaired) electrons. The Morgan fingerprint density at radius 2 is 1.85 bits per heavy atom. The third-order valence-electron chi connectivity index (χ3n) is 9.65. The van der Waals surface area contributed by atoms with Crippen molar-refractivity contribution < 1.29 is 4.74 Å². The number of benzene rings is 2. The highest BCUT2D eigenvalue weighted by molar-refractivity contribution is 5.46.